The van der Waals surface area contributed by atoms with Crippen LogP contribution in [-0.2, 0) is 19.2 Å². The molecule has 0 aromatic heterocycles. The predicted octanol–water partition coefficient (Wildman–Crippen LogP) is 3.10. The Morgan fingerprint density at radius 2 is 1.69 bits per heavy atom. The van der Waals surface area contributed by atoms with Crippen molar-refractivity contribution in [3.05, 3.63) is 0 Å². The molecule has 2 aliphatic rings. The summed E-state index contributed by atoms with van der Waals surface area (Å²) in [6, 6.07) is 0. The molecule has 2 fully saturated rings. The van der Waals surface area contributed by atoms with E-state index in [-0.39, 0.29) is 33.9 Å². The fourth-order valence-corrected chi connectivity index (χ4v) is 5.45. The Bertz CT molecular complexity index is 564. The zero-order chi connectivity index (χ0) is 19.3. The van der Waals surface area contributed by atoms with Gasteiger partial charge in [0.25, 0.3) is 0 Å². The van der Waals surface area contributed by atoms with Crippen molar-refractivity contribution in [2.45, 2.75) is 74.5 Å². The molecule has 2 amide bonds. The van der Waals surface area contributed by atoms with E-state index in [2.05, 4.69) is 0 Å². The SMILES string of the molecule is CSC1CC(=O)N(CCCCCCC2C(=O)CC(SC(C)C)C2=O)C1=O. The number of thioether (sulfide) groups is 2. The fourth-order valence-electron chi connectivity index (χ4n) is 3.60. The lowest BCUT2D eigenvalue weighted by Crippen LogP contribution is -2.32. The molecule has 0 aromatic rings. The minimum Gasteiger partial charge on any atom is -0.299 e. The molecule has 0 bridgehead atoms. The second-order valence-corrected chi connectivity index (χ2v) is 10.1. The second kappa shape index (κ2) is 9.93. The first-order chi connectivity index (χ1) is 12.3. The van der Waals surface area contributed by atoms with Crippen molar-refractivity contribution in [2.75, 3.05) is 12.8 Å². The Labute approximate surface area is 164 Å². The van der Waals surface area contributed by atoms with E-state index in [1.807, 2.05) is 20.1 Å². The fraction of sp³-hybridized carbons (Fsp3) is 0.789. The van der Waals surface area contributed by atoms with Crippen LogP contribution in [0.4, 0.5) is 0 Å². The average molecular weight is 400 g/mol. The molecule has 1 saturated heterocycles. The molecule has 1 aliphatic carbocycles. The Morgan fingerprint density at radius 3 is 2.31 bits per heavy atom. The minimum absolute atomic E-state index is 0.0571. The molecule has 0 N–H and O–H groups in total. The van der Waals surface area contributed by atoms with Crippen molar-refractivity contribution in [3.8, 4) is 0 Å². The molecule has 3 atom stereocenters. The van der Waals surface area contributed by atoms with Crippen molar-refractivity contribution in [1.29, 1.82) is 0 Å². The molecule has 0 spiro atoms. The highest BCUT2D eigenvalue weighted by atomic mass is 32.2. The third-order valence-electron chi connectivity index (χ3n) is 4.98. The molecule has 3 unspecified atom stereocenters. The van der Waals surface area contributed by atoms with E-state index in [4.69, 9.17) is 0 Å². The number of likely N-dealkylation sites (tertiary alicyclic amines) is 1. The largest absolute Gasteiger partial charge is 0.299 e. The van der Waals surface area contributed by atoms with E-state index >= 15 is 0 Å². The normalized spacial score (nSPS) is 26.6. The number of hydrogen-bond donors (Lipinski definition) is 0. The summed E-state index contributed by atoms with van der Waals surface area (Å²) in [7, 11) is 0. The van der Waals surface area contributed by atoms with Gasteiger partial charge in [0.2, 0.25) is 11.8 Å². The number of imide groups is 1. The molecule has 7 heteroatoms. The van der Waals surface area contributed by atoms with Crippen LogP contribution in [0.5, 0.6) is 0 Å². The third kappa shape index (κ3) is 5.35. The van der Waals surface area contributed by atoms with Gasteiger partial charge in [0.15, 0.2) is 5.78 Å². The van der Waals surface area contributed by atoms with Crippen LogP contribution in [0.15, 0.2) is 0 Å². The van der Waals surface area contributed by atoms with Gasteiger partial charge in [-0.25, -0.2) is 0 Å². The lowest BCUT2D eigenvalue weighted by atomic mass is 9.98. The summed E-state index contributed by atoms with van der Waals surface area (Å²) in [6.07, 6.45) is 6.66. The summed E-state index contributed by atoms with van der Waals surface area (Å²) in [5.41, 5.74) is 0. The molecule has 1 heterocycles. The second-order valence-electron chi connectivity index (χ2n) is 7.31. The number of carbonyl (C=O) groups excluding carboxylic acids is 4. The van der Waals surface area contributed by atoms with Gasteiger partial charge in [-0.3, -0.25) is 24.1 Å². The van der Waals surface area contributed by atoms with E-state index in [9.17, 15) is 19.2 Å². The molecular weight excluding hydrogens is 370 g/mol. The predicted molar refractivity (Wildman–Crippen MR) is 106 cm³/mol. The number of nitrogens with zero attached hydrogens (tertiary/aromatic N) is 1. The summed E-state index contributed by atoms with van der Waals surface area (Å²) in [5, 5.41) is -0.000155. The van der Waals surface area contributed by atoms with Crippen LogP contribution in [0.1, 0.15) is 58.8 Å². The van der Waals surface area contributed by atoms with Gasteiger partial charge in [0.05, 0.1) is 16.4 Å². The Balaban J connectivity index is 1.64. The monoisotopic (exact) mass is 399 g/mol. The Kier molecular flexibility index (Phi) is 8.20. The summed E-state index contributed by atoms with van der Waals surface area (Å²) < 4.78 is 0. The van der Waals surface area contributed by atoms with Gasteiger partial charge in [0.1, 0.15) is 5.78 Å². The highest BCUT2D eigenvalue weighted by Crippen LogP contribution is 2.33. The van der Waals surface area contributed by atoms with Crippen LogP contribution in [0, 0.1) is 5.92 Å². The molecule has 146 valence electrons. The smallest absolute Gasteiger partial charge is 0.242 e. The summed E-state index contributed by atoms with van der Waals surface area (Å²) in [6.45, 7) is 4.59. The van der Waals surface area contributed by atoms with Crippen LogP contribution in [-0.4, -0.2) is 56.8 Å². The van der Waals surface area contributed by atoms with Crippen LogP contribution >= 0.6 is 23.5 Å². The van der Waals surface area contributed by atoms with E-state index in [1.165, 1.54) is 16.7 Å². The first kappa shape index (κ1) is 21.5. The first-order valence-electron chi connectivity index (χ1n) is 9.44. The van der Waals surface area contributed by atoms with Gasteiger partial charge < -0.3 is 0 Å². The molecule has 1 saturated carbocycles. The van der Waals surface area contributed by atoms with Gasteiger partial charge >= 0.3 is 0 Å². The molecule has 0 aromatic carbocycles. The topological polar surface area (TPSA) is 71.5 Å². The van der Waals surface area contributed by atoms with Crippen LogP contribution < -0.4 is 0 Å². The van der Waals surface area contributed by atoms with Crippen molar-refractivity contribution in [2.24, 2.45) is 5.92 Å². The molecule has 26 heavy (non-hydrogen) atoms. The summed E-state index contributed by atoms with van der Waals surface area (Å²) >= 11 is 3.04. The molecule has 0 radical (unpaired) electrons. The number of carbonyl (C=O) groups is 4. The highest BCUT2D eigenvalue weighted by molar-refractivity contribution is 8.01. The average Bonchev–Trinajstić information content (AvgIpc) is 3.00. The minimum atomic E-state index is -0.407. The lowest BCUT2D eigenvalue weighted by Gasteiger charge is -2.14. The lowest BCUT2D eigenvalue weighted by molar-refractivity contribution is -0.138. The molecular formula is C19H29NO4S2. The van der Waals surface area contributed by atoms with E-state index in [1.54, 1.807) is 11.8 Å². The maximum atomic E-state index is 12.4. The van der Waals surface area contributed by atoms with E-state index in [0.29, 0.717) is 31.1 Å². The number of amides is 2. The molecule has 1 aliphatic heterocycles. The van der Waals surface area contributed by atoms with E-state index in [0.717, 1.165) is 25.7 Å². The number of hydrogen-bond acceptors (Lipinski definition) is 6. The number of ketones is 2. The summed E-state index contributed by atoms with van der Waals surface area (Å²) in [5.74, 6) is -0.312. The zero-order valence-electron chi connectivity index (χ0n) is 15.9. The van der Waals surface area contributed by atoms with Crippen LogP contribution in [0.3, 0.4) is 0 Å². The highest BCUT2D eigenvalue weighted by Gasteiger charge is 2.41. The zero-order valence-corrected chi connectivity index (χ0v) is 17.5. The van der Waals surface area contributed by atoms with Gasteiger partial charge in [-0.1, -0.05) is 33.1 Å². The first-order valence-corrected chi connectivity index (χ1v) is 11.7. The molecule has 5 nitrogen and oxygen atoms in total. The van der Waals surface area contributed by atoms with Gasteiger partial charge in [-0.15, -0.1) is 11.8 Å². The molecule has 2 rings (SSSR count). The number of Topliss-reactive ketones (excluding diaryl/α,β-unsaturated/α-hetero) is 2. The quantitative estimate of drug-likeness (QED) is 0.319. The number of unbranched alkanes of at least 4 members (excludes halogenated alkanes) is 3. The van der Waals surface area contributed by atoms with Crippen molar-refractivity contribution < 1.29 is 19.2 Å². The van der Waals surface area contributed by atoms with Gasteiger partial charge in [0, 0.05) is 19.4 Å². The summed E-state index contributed by atoms with van der Waals surface area (Å²) in [4.78, 5) is 49.7. The maximum Gasteiger partial charge on any atom is 0.242 e. The Hall–Kier alpha value is -0.820. The van der Waals surface area contributed by atoms with Gasteiger partial charge in [-0.2, -0.15) is 11.8 Å². The third-order valence-corrected chi connectivity index (χ3v) is 7.19. The number of rotatable bonds is 10. The van der Waals surface area contributed by atoms with Crippen molar-refractivity contribution in [3.63, 3.8) is 0 Å². The van der Waals surface area contributed by atoms with Gasteiger partial charge in [-0.05, 0) is 24.3 Å². The van der Waals surface area contributed by atoms with Crippen LogP contribution in [0.25, 0.3) is 0 Å². The van der Waals surface area contributed by atoms with Crippen molar-refractivity contribution >= 4 is 46.9 Å². The van der Waals surface area contributed by atoms with Crippen LogP contribution in [0.2, 0.25) is 0 Å². The van der Waals surface area contributed by atoms with Crippen molar-refractivity contribution in [1.82, 2.24) is 4.90 Å². The maximum absolute atomic E-state index is 12.4. The standard InChI is InChI=1S/C19H29NO4S2/c1-12(2)26-15-10-14(21)13(18(15)23)8-6-4-5-7-9-20-17(22)11-16(25-3)19(20)24/h12-13,15-16H,4-11H2,1-3H3. The van der Waals surface area contributed by atoms with E-state index < -0.39 is 5.92 Å². The Morgan fingerprint density at radius 1 is 1.00 bits per heavy atom.